The average Bonchev–Trinajstić information content (AvgIpc) is 2.31. The molecule has 3 nitrogen and oxygen atoms in total. The lowest BCUT2D eigenvalue weighted by molar-refractivity contribution is -0.142. The molecule has 0 aromatic heterocycles. The zero-order valence-corrected chi connectivity index (χ0v) is 7.79. The van der Waals surface area contributed by atoms with E-state index in [1.54, 1.807) is 6.08 Å². The van der Waals surface area contributed by atoms with Gasteiger partial charge in [0.25, 0.3) is 0 Å². The first kappa shape index (κ1) is 9.99. The van der Waals surface area contributed by atoms with Gasteiger partial charge in [0.1, 0.15) is 5.54 Å². The lowest BCUT2D eigenvalue weighted by Gasteiger charge is -2.24. The van der Waals surface area contributed by atoms with Crippen LogP contribution in [0.25, 0.3) is 0 Å². The maximum atomic E-state index is 11.1. The highest BCUT2D eigenvalue weighted by Crippen LogP contribution is 2.17. The molecule has 0 radical (unpaired) electrons. The number of carboxylic acids is 1. The molecule has 0 heterocycles. The van der Waals surface area contributed by atoms with Crippen LogP contribution in [-0.2, 0) is 4.79 Å². The third-order valence-corrected chi connectivity index (χ3v) is 2.15. The van der Waals surface area contributed by atoms with Crippen LogP contribution in [0.1, 0.15) is 19.8 Å². The zero-order valence-electron chi connectivity index (χ0n) is 7.79. The van der Waals surface area contributed by atoms with E-state index in [9.17, 15) is 4.79 Å². The van der Waals surface area contributed by atoms with Crippen LogP contribution in [0.15, 0.2) is 24.3 Å². The molecule has 1 atom stereocenters. The van der Waals surface area contributed by atoms with Crippen LogP contribution in [0.4, 0.5) is 0 Å². The molecule has 3 heteroatoms. The van der Waals surface area contributed by atoms with Crippen molar-refractivity contribution < 1.29 is 9.90 Å². The van der Waals surface area contributed by atoms with E-state index in [4.69, 9.17) is 5.11 Å². The minimum atomic E-state index is -0.887. The number of allylic oxidation sites excluding steroid dienone is 2. The van der Waals surface area contributed by atoms with Crippen molar-refractivity contribution in [2.75, 3.05) is 6.54 Å². The normalized spacial score (nSPS) is 27.2. The van der Waals surface area contributed by atoms with Crippen LogP contribution < -0.4 is 5.32 Å². The molecular weight excluding hydrogens is 166 g/mol. The summed E-state index contributed by atoms with van der Waals surface area (Å²) in [5, 5.41) is 12.1. The molecule has 1 unspecified atom stereocenters. The van der Waals surface area contributed by atoms with Crippen molar-refractivity contribution in [3.63, 3.8) is 0 Å². The second-order valence-electron chi connectivity index (χ2n) is 3.12. The molecular formula is C10H15NO2. The Kier molecular flexibility index (Phi) is 3.25. The summed E-state index contributed by atoms with van der Waals surface area (Å²) < 4.78 is 0. The van der Waals surface area contributed by atoms with Crippen molar-refractivity contribution in [3.05, 3.63) is 24.3 Å². The Hall–Kier alpha value is -1.09. The maximum Gasteiger partial charge on any atom is 0.328 e. The first-order chi connectivity index (χ1) is 6.21. The van der Waals surface area contributed by atoms with E-state index in [1.807, 2.05) is 25.2 Å². The summed E-state index contributed by atoms with van der Waals surface area (Å²) in [6.45, 7) is 2.57. The fourth-order valence-electron chi connectivity index (χ4n) is 1.46. The van der Waals surface area contributed by atoms with Crippen molar-refractivity contribution in [2.24, 2.45) is 0 Å². The van der Waals surface area contributed by atoms with Crippen molar-refractivity contribution in [1.82, 2.24) is 5.32 Å². The van der Waals surface area contributed by atoms with Crippen molar-refractivity contribution >= 4 is 5.97 Å². The van der Waals surface area contributed by atoms with Crippen molar-refractivity contribution in [3.8, 4) is 0 Å². The lowest BCUT2D eigenvalue weighted by Crippen LogP contribution is -2.49. The van der Waals surface area contributed by atoms with Crippen molar-refractivity contribution in [2.45, 2.75) is 25.3 Å². The number of hydrogen-bond acceptors (Lipinski definition) is 2. The Balaban J connectivity index is 2.87. The summed E-state index contributed by atoms with van der Waals surface area (Å²) in [4.78, 5) is 11.1. The van der Waals surface area contributed by atoms with Gasteiger partial charge in [0.15, 0.2) is 0 Å². The first-order valence-electron chi connectivity index (χ1n) is 4.52. The molecule has 0 bridgehead atoms. The highest BCUT2D eigenvalue weighted by atomic mass is 16.4. The number of rotatable bonds is 3. The maximum absolute atomic E-state index is 11.1. The topological polar surface area (TPSA) is 49.3 Å². The Bertz CT molecular complexity index is 245. The van der Waals surface area contributed by atoms with Gasteiger partial charge in [0.05, 0.1) is 0 Å². The Morgan fingerprint density at radius 3 is 2.92 bits per heavy atom. The standard InChI is InChI=1S/C10H15NO2/c1-2-11-10(9(12)13)7-5-3-4-6-8-10/h3,5-6,8,11H,2,4,7H2,1H3,(H,12,13). The minimum Gasteiger partial charge on any atom is -0.480 e. The minimum absolute atomic E-state index is 0.521. The zero-order chi connectivity index (χ0) is 9.73. The van der Waals surface area contributed by atoms with Gasteiger partial charge in [-0.3, -0.25) is 5.32 Å². The molecule has 13 heavy (non-hydrogen) atoms. The molecule has 1 aliphatic carbocycles. The van der Waals surface area contributed by atoms with E-state index >= 15 is 0 Å². The van der Waals surface area contributed by atoms with Crippen LogP contribution in [0, 0.1) is 0 Å². The predicted octanol–water partition coefficient (Wildman–Crippen LogP) is 1.33. The van der Waals surface area contributed by atoms with Gasteiger partial charge in [-0.05, 0) is 19.4 Å². The summed E-state index contributed by atoms with van der Waals surface area (Å²) >= 11 is 0. The second kappa shape index (κ2) is 4.23. The van der Waals surface area contributed by atoms with Crippen LogP contribution in [0.3, 0.4) is 0 Å². The number of nitrogens with one attached hydrogen (secondary N) is 1. The fraction of sp³-hybridized carbons (Fsp3) is 0.500. The summed E-state index contributed by atoms with van der Waals surface area (Å²) in [6.07, 6.45) is 8.88. The highest BCUT2D eigenvalue weighted by Gasteiger charge is 2.33. The van der Waals surface area contributed by atoms with E-state index < -0.39 is 11.5 Å². The summed E-state index contributed by atoms with van der Waals surface area (Å²) in [5.41, 5.74) is -0.887. The second-order valence-corrected chi connectivity index (χ2v) is 3.12. The molecule has 0 spiro atoms. The van der Waals surface area contributed by atoms with Gasteiger partial charge in [-0.25, -0.2) is 4.79 Å². The van der Waals surface area contributed by atoms with E-state index in [2.05, 4.69) is 5.32 Å². The quantitative estimate of drug-likeness (QED) is 0.646. The SMILES string of the molecule is CCNC1(C(=O)O)C=CCC=CC1. The van der Waals surface area contributed by atoms with Gasteiger partial charge in [-0.15, -0.1) is 0 Å². The number of carbonyl (C=O) groups is 1. The summed E-state index contributed by atoms with van der Waals surface area (Å²) in [6, 6.07) is 0. The smallest absolute Gasteiger partial charge is 0.328 e. The molecule has 72 valence electrons. The number of aliphatic carboxylic acids is 1. The number of likely N-dealkylation sites (N-methyl/N-ethyl adjacent to an activating group) is 1. The first-order valence-corrected chi connectivity index (χ1v) is 4.52. The number of hydrogen-bond donors (Lipinski definition) is 2. The van der Waals surface area contributed by atoms with Gasteiger partial charge in [-0.2, -0.15) is 0 Å². The fourth-order valence-corrected chi connectivity index (χ4v) is 1.46. The van der Waals surface area contributed by atoms with Crippen LogP contribution >= 0.6 is 0 Å². The van der Waals surface area contributed by atoms with Crippen LogP contribution in [0.5, 0.6) is 0 Å². The lowest BCUT2D eigenvalue weighted by atomic mass is 9.95. The molecule has 1 rings (SSSR count). The van der Waals surface area contributed by atoms with Gasteiger partial charge >= 0.3 is 5.97 Å². The van der Waals surface area contributed by atoms with Gasteiger partial charge in [-0.1, -0.05) is 31.2 Å². The van der Waals surface area contributed by atoms with Gasteiger partial charge < -0.3 is 5.11 Å². The van der Waals surface area contributed by atoms with E-state index in [0.717, 1.165) is 6.42 Å². The third-order valence-electron chi connectivity index (χ3n) is 2.15. The van der Waals surface area contributed by atoms with Gasteiger partial charge in [0, 0.05) is 0 Å². The van der Waals surface area contributed by atoms with Gasteiger partial charge in [0.2, 0.25) is 0 Å². The van der Waals surface area contributed by atoms with E-state index in [0.29, 0.717) is 13.0 Å². The number of carboxylic acid groups (broad SMARTS) is 1. The molecule has 0 saturated heterocycles. The Morgan fingerprint density at radius 2 is 2.31 bits per heavy atom. The predicted molar refractivity (Wildman–Crippen MR) is 51.6 cm³/mol. The molecule has 1 aliphatic rings. The molecule has 2 N–H and O–H groups in total. The molecule has 0 aromatic carbocycles. The third kappa shape index (κ3) is 2.18. The summed E-state index contributed by atoms with van der Waals surface area (Å²) in [7, 11) is 0. The molecule has 0 saturated carbocycles. The largest absolute Gasteiger partial charge is 0.480 e. The van der Waals surface area contributed by atoms with Crippen molar-refractivity contribution in [1.29, 1.82) is 0 Å². The van der Waals surface area contributed by atoms with E-state index in [-0.39, 0.29) is 0 Å². The Labute approximate surface area is 78.1 Å². The average molecular weight is 181 g/mol. The molecule has 0 aromatic rings. The monoisotopic (exact) mass is 181 g/mol. The molecule has 0 fully saturated rings. The van der Waals surface area contributed by atoms with Crippen LogP contribution in [-0.4, -0.2) is 23.2 Å². The molecule has 0 amide bonds. The Morgan fingerprint density at radius 1 is 1.54 bits per heavy atom. The summed E-state index contributed by atoms with van der Waals surface area (Å²) in [5.74, 6) is -0.808. The highest BCUT2D eigenvalue weighted by molar-refractivity contribution is 5.82. The van der Waals surface area contributed by atoms with E-state index in [1.165, 1.54) is 0 Å². The van der Waals surface area contributed by atoms with Crippen LogP contribution in [0.2, 0.25) is 0 Å². The molecule has 0 aliphatic heterocycles.